The monoisotopic (exact) mass is 519 g/mol. The molecule has 37 heavy (non-hydrogen) atoms. The van der Waals surface area contributed by atoms with E-state index in [1.165, 1.54) is 4.31 Å². The number of hydrogen-bond acceptors (Lipinski definition) is 4. The topological polar surface area (TPSA) is 60.9 Å². The highest BCUT2D eigenvalue weighted by molar-refractivity contribution is 7.89. The lowest BCUT2D eigenvalue weighted by atomic mass is 9.87. The summed E-state index contributed by atoms with van der Waals surface area (Å²) in [4.78, 5) is 17.6. The standard InChI is InChI=1S/C30H37N3O3S/c1-30(2,3)27-14-16-28(17-15-27)37(35,36)33-20-18-31(19-21-33)24-29(34)32(22-25-10-6-4-7-11-25)23-26-12-8-5-9-13-26/h4-17H,18-24H2,1-3H3. The molecule has 0 atom stereocenters. The summed E-state index contributed by atoms with van der Waals surface area (Å²) in [5.41, 5.74) is 3.24. The summed E-state index contributed by atoms with van der Waals surface area (Å²) in [5, 5.41) is 0. The van der Waals surface area contributed by atoms with Gasteiger partial charge < -0.3 is 4.90 Å². The van der Waals surface area contributed by atoms with E-state index in [1.54, 1.807) is 12.1 Å². The summed E-state index contributed by atoms with van der Waals surface area (Å²) in [5.74, 6) is 0.0433. The van der Waals surface area contributed by atoms with E-state index in [-0.39, 0.29) is 17.9 Å². The SMILES string of the molecule is CC(C)(C)c1ccc(S(=O)(=O)N2CCN(CC(=O)N(Cc3ccccc3)Cc3ccccc3)CC2)cc1. The Morgan fingerprint density at radius 1 is 0.757 bits per heavy atom. The first kappa shape index (κ1) is 27.0. The molecule has 1 aliphatic rings. The summed E-state index contributed by atoms with van der Waals surface area (Å²) in [6, 6.07) is 27.2. The van der Waals surface area contributed by atoms with Gasteiger partial charge in [0.25, 0.3) is 0 Å². The second-order valence-electron chi connectivity index (χ2n) is 10.7. The molecule has 0 bridgehead atoms. The van der Waals surface area contributed by atoms with Crippen LogP contribution in [0.4, 0.5) is 0 Å². The fraction of sp³-hybridized carbons (Fsp3) is 0.367. The Balaban J connectivity index is 1.38. The molecule has 1 fully saturated rings. The molecule has 4 rings (SSSR count). The van der Waals surface area contributed by atoms with Crippen LogP contribution in [0.15, 0.2) is 89.8 Å². The van der Waals surface area contributed by atoms with Gasteiger partial charge in [0.05, 0.1) is 11.4 Å². The van der Waals surface area contributed by atoms with Crippen molar-refractivity contribution in [1.29, 1.82) is 0 Å². The normalized spacial score (nSPS) is 15.4. The van der Waals surface area contributed by atoms with Gasteiger partial charge in [-0.05, 0) is 34.2 Å². The highest BCUT2D eigenvalue weighted by Gasteiger charge is 2.30. The van der Waals surface area contributed by atoms with Gasteiger partial charge >= 0.3 is 0 Å². The van der Waals surface area contributed by atoms with Crippen molar-refractivity contribution in [3.05, 3.63) is 102 Å². The Morgan fingerprint density at radius 3 is 1.70 bits per heavy atom. The molecule has 1 amide bonds. The van der Waals surface area contributed by atoms with Crippen LogP contribution in [0.5, 0.6) is 0 Å². The smallest absolute Gasteiger partial charge is 0.243 e. The number of rotatable bonds is 8. The zero-order valence-corrected chi connectivity index (χ0v) is 22.8. The highest BCUT2D eigenvalue weighted by Crippen LogP contribution is 2.25. The largest absolute Gasteiger partial charge is 0.333 e. The van der Waals surface area contributed by atoms with Gasteiger partial charge in [-0.25, -0.2) is 8.42 Å². The number of amides is 1. The van der Waals surface area contributed by atoms with E-state index < -0.39 is 10.0 Å². The molecule has 1 heterocycles. The lowest BCUT2D eigenvalue weighted by Gasteiger charge is -2.35. The summed E-state index contributed by atoms with van der Waals surface area (Å²) >= 11 is 0. The molecular formula is C30H37N3O3S. The summed E-state index contributed by atoms with van der Waals surface area (Å²) in [6.45, 7) is 9.45. The van der Waals surface area contributed by atoms with Crippen molar-refractivity contribution < 1.29 is 13.2 Å². The third-order valence-electron chi connectivity index (χ3n) is 6.83. The maximum atomic E-state index is 13.4. The highest BCUT2D eigenvalue weighted by atomic mass is 32.2. The summed E-state index contributed by atoms with van der Waals surface area (Å²) in [6.07, 6.45) is 0. The Kier molecular flexibility index (Phi) is 8.47. The molecule has 7 heteroatoms. The minimum Gasteiger partial charge on any atom is -0.333 e. The second kappa shape index (κ2) is 11.6. The van der Waals surface area contributed by atoms with Crippen molar-refractivity contribution in [3.8, 4) is 0 Å². The van der Waals surface area contributed by atoms with Crippen LogP contribution in [0.25, 0.3) is 0 Å². The van der Waals surface area contributed by atoms with Gasteiger partial charge in [0.1, 0.15) is 0 Å². The van der Waals surface area contributed by atoms with Gasteiger partial charge in [-0.3, -0.25) is 9.69 Å². The molecule has 6 nitrogen and oxygen atoms in total. The molecule has 0 spiro atoms. The maximum Gasteiger partial charge on any atom is 0.243 e. The van der Waals surface area contributed by atoms with Crippen LogP contribution in [0.1, 0.15) is 37.5 Å². The van der Waals surface area contributed by atoms with Crippen molar-refractivity contribution >= 4 is 15.9 Å². The van der Waals surface area contributed by atoms with Crippen molar-refractivity contribution in [1.82, 2.24) is 14.1 Å². The van der Waals surface area contributed by atoms with Crippen molar-refractivity contribution in [3.63, 3.8) is 0 Å². The van der Waals surface area contributed by atoms with Crippen molar-refractivity contribution in [2.24, 2.45) is 0 Å². The van der Waals surface area contributed by atoms with Crippen LogP contribution in [0.3, 0.4) is 0 Å². The molecule has 0 radical (unpaired) electrons. The third kappa shape index (κ3) is 7.06. The number of hydrogen-bond donors (Lipinski definition) is 0. The molecule has 0 saturated carbocycles. The number of carbonyl (C=O) groups excluding carboxylic acids is 1. The van der Waals surface area contributed by atoms with Gasteiger partial charge in [-0.2, -0.15) is 4.31 Å². The van der Waals surface area contributed by atoms with Gasteiger partial charge in [-0.15, -0.1) is 0 Å². The lowest BCUT2D eigenvalue weighted by Crippen LogP contribution is -2.51. The average molecular weight is 520 g/mol. The van der Waals surface area contributed by atoms with Crippen LogP contribution in [-0.2, 0) is 33.3 Å². The first-order valence-corrected chi connectivity index (χ1v) is 14.3. The van der Waals surface area contributed by atoms with E-state index in [2.05, 4.69) is 25.7 Å². The molecule has 0 unspecified atom stereocenters. The molecule has 1 aliphatic heterocycles. The van der Waals surface area contributed by atoms with Gasteiger partial charge in [0, 0.05) is 39.3 Å². The van der Waals surface area contributed by atoms with Crippen LogP contribution < -0.4 is 0 Å². The fourth-order valence-electron chi connectivity index (χ4n) is 4.54. The molecule has 0 aliphatic carbocycles. The van der Waals surface area contributed by atoms with E-state index in [4.69, 9.17) is 0 Å². The Morgan fingerprint density at radius 2 is 1.24 bits per heavy atom. The second-order valence-corrected chi connectivity index (χ2v) is 12.6. The van der Waals surface area contributed by atoms with Crippen LogP contribution in [0, 0.1) is 0 Å². The van der Waals surface area contributed by atoms with Crippen molar-refractivity contribution in [2.45, 2.75) is 44.2 Å². The predicted octanol–water partition coefficient (Wildman–Crippen LogP) is 4.52. The number of carbonyl (C=O) groups is 1. The number of piperazine rings is 1. The van der Waals surface area contributed by atoms with Crippen LogP contribution >= 0.6 is 0 Å². The van der Waals surface area contributed by atoms with Gasteiger partial charge in [-0.1, -0.05) is 93.6 Å². The van der Waals surface area contributed by atoms with E-state index in [9.17, 15) is 13.2 Å². The summed E-state index contributed by atoms with van der Waals surface area (Å²) in [7, 11) is -3.56. The quantitative estimate of drug-likeness (QED) is 0.439. The number of nitrogens with zero attached hydrogens (tertiary/aromatic N) is 3. The molecule has 3 aromatic rings. The predicted molar refractivity (Wildman–Crippen MR) is 147 cm³/mol. The van der Waals surface area contributed by atoms with E-state index >= 15 is 0 Å². The third-order valence-corrected chi connectivity index (χ3v) is 8.75. The molecule has 0 N–H and O–H groups in total. The first-order valence-electron chi connectivity index (χ1n) is 12.8. The lowest BCUT2D eigenvalue weighted by molar-refractivity contribution is -0.134. The fourth-order valence-corrected chi connectivity index (χ4v) is 5.96. The Labute approximate surface area is 221 Å². The molecule has 1 saturated heterocycles. The Hall–Kier alpha value is -3.00. The van der Waals surface area contributed by atoms with Crippen molar-refractivity contribution in [2.75, 3.05) is 32.7 Å². The van der Waals surface area contributed by atoms with Gasteiger partial charge in [0.15, 0.2) is 0 Å². The minimum atomic E-state index is -3.56. The van der Waals surface area contributed by atoms with E-state index in [0.717, 1.165) is 16.7 Å². The number of sulfonamides is 1. The van der Waals surface area contributed by atoms with Crippen LogP contribution in [-0.4, -0.2) is 61.2 Å². The first-order chi connectivity index (χ1) is 17.6. The van der Waals surface area contributed by atoms with Gasteiger partial charge in [0.2, 0.25) is 15.9 Å². The number of benzene rings is 3. The maximum absolute atomic E-state index is 13.4. The average Bonchev–Trinajstić information content (AvgIpc) is 2.89. The summed E-state index contributed by atoms with van der Waals surface area (Å²) < 4.78 is 28.0. The zero-order valence-electron chi connectivity index (χ0n) is 22.0. The molecule has 3 aromatic carbocycles. The van der Waals surface area contributed by atoms with E-state index in [1.807, 2.05) is 77.7 Å². The molecule has 0 aromatic heterocycles. The van der Waals surface area contributed by atoms with E-state index in [0.29, 0.717) is 44.2 Å². The Bertz CT molecular complexity index is 1220. The minimum absolute atomic E-state index is 0.0324. The molecule has 196 valence electrons. The molecular weight excluding hydrogens is 482 g/mol. The van der Waals surface area contributed by atoms with Crippen LogP contribution in [0.2, 0.25) is 0 Å². The zero-order chi connectivity index (χ0) is 26.5.